The van der Waals surface area contributed by atoms with Crippen LogP contribution in [0.15, 0.2) is 58.5 Å². The zero-order chi connectivity index (χ0) is 26.6. The quantitative estimate of drug-likeness (QED) is 0.353. The van der Waals surface area contributed by atoms with Gasteiger partial charge >= 0.3 is 0 Å². The number of pyridine rings is 2. The van der Waals surface area contributed by atoms with E-state index in [1.807, 2.05) is 55.9 Å². The van der Waals surface area contributed by atoms with Gasteiger partial charge in [-0.1, -0.05) is 18.2 Å². The van der Waals surface area contributed by atoms with Gasteiger partial charge < -0.3 is 18.9 Å². The van der Waals surface area contributed by atoms with Crippen LogP contribution in [0, 0.1) is 20.8 Å². The van der Waals surface area contributed by atoms with E-state index < -0.39 is 0 Å². The Morgan fingerprint density at radius 3 is 2.27 bits per heavy atom. The maximum Gasteiger partial charge on any atom is 0.274 e. The third-order valence-corrected chi connectivity index (χ3v) is 6.89. The van der Waals surface area contributed by atoms with E-state index in [4.69, 9.17) is 4.74 Å². The van der Waals surface area contributed by atoms with Crippen LogP contribution in [0.1, 0.15) is 36.7 Å². The van der Waals surface area contributed by atoms with E-state index in [1.54, 1.807) is 32.6 Å². The van der Waals surface area contributed by atoms with Crippen LogP contribution < -0.4 is 15.9 Å². The van der Waals surface area contributed by atoms with Crippen molar-refractivity contribution < 1.29 is 4.74 Å². The molecule has 0 unspecified atom stereocenters. The first-order chi connectivity index (χ1) is 17.6. The molecule has 190 valence electrons. The van der Waals surface area contributed by atoms with Gasteiger partial charge in [-0.3, -0.25) is 14.3 Å². The van der Waals surface area contributed by atoms with Gasteiger partial charge in [-0.05, 0) is 51.8 Å². The lowest BCUT2D eigenvalue weighted by Gasteiger charge is -2.17. The normalized spacial score (nSPS) is 11.6. The Kier molecular flexibility index (Phi) is 5.90. The fourth-order valence-corrected chi connectivity index (χ4v) is 4.87. The number of nitrogens with one attached hydrogen (secondary N) is 1. The van der Waals surface area contributed by atoms with Gasteiger partial charge in [0.1, 0.15) is 11.3 Å². The first-order valence-corrected chi connectivity index (χ1v) is 12.3. The highest BCUT2D eigenvalue weighted by Gasteiger charge is 2.20. The molecule has 0 saturated heterocycles. The van der Waals surface area contributed by atoms with Crippen molar-refractivity contribution in [2.24, 2.45) is 14.1 Å². The van der Waals surface area contributed by atoms with Crippen LogP contribution in [0.5, 0.6) is 11.5 Å². The number of para-hydroxylation sites is 1. The van der Waals surface area contributed by atoms with Crippen LogP contribution in [0.3, 0.4) is 0 Å². The minimum Gasteiger partial charge on any atom is -0.455 e. The molecule has 5 aromatic rings. The molecular formula is C29H31N5O3. The molecule has 0 amide bonds. The number of hydrogen-bond donors (Lipinski definition) is 1. The van der Waals surface area contributed by atoms with Gasteiger partial charge in [0.25, 0.3) is 11.1 Å². The molecule has 8 nitrogen and oxygen atoms in total. The van der Waals surface area contributed by atoms with Crippen molar-refractivity contribution in [2.45, 2.75) is 40.7 Å². The molecule has 0 spiro atoms. The summed E-state index contributed by atoms with van der Waals surface area (Å²) >= 11 is 0. The fourth-order valence-electron chi connectivity index (χ4n) is 4.87. The second kappa shape index (κ2) is 8.96. The van der Waals surface area contributed by atoms with Crippen molar-refractivity contribution >= 4 is 10.9 Å². The van der Waals surface area contributed by atoms with Crippen LogP contribution in [0.2, 0.25) is 0 Å². The minimum atomic E-state index is -0.171. The predicted molar refractivity (Wildman–Crippen MR) is 147 cm³/mol. The molecule has 0 aliphatic rings. The molecule has 0 radical (unpaired) electrons. The number of aryl methyl sites for hydroxylation is 4. The van der Waals surface area contributed by atoms with Crippen molar-refractivity contribution in [1.82, 2.24) is 23.9 Å². The van der Waals surface area contributed by atoms with Crippen LogP contribution in [0.4, 0.5) is 0 Å². The summed E-state index contributed by atoms with van der Waals surface area (Å²) in [5.41, 5.74) is 6.20. The molecule has 0 fully saturated rings. The number of aromatic nitrogens is 5. The van der Waals surface area contributed by atoms with Crippen LogP contribution in [-0.4, -0.2) is 23.9 Å². The summed E-state index contributed by atoms with van der Waals surface area (Å²) in [4.78, 5) is 29.3. The number of H-pyrrole nitrogens is 1. The van der Waals surface area contributed by atoms with E-state index in [2.05, 4.69) is 23.9 Å². The van der Waals surface area contributed by atoms with Crippen molar-refractivity contribution in [2.75, 3.05) is 0 Å². The van der Waals surface area contributed by atoms with Gasteiger partial charge in [0, 0.05) is 60.2 Å². The summed E-state index contributed by atoms with van der Waals surface area (Å²) in [6, 6.07) is 9.71. The van der Waals surface area contributed by atoms with E-state index in [-0.39, 0.29) is 17.2 Å². The number of nitrogens with zero attached hydrogens (tertiary/aromatic N) is 4. The lowest BCUT2D eigenvalue weighted by molar-refractivity contribution is 0.470. The van der Waals surface area contributed by atoms with E-state index >= 15 is 0 Å². The molecule has 1 aromatic carbocycles. The smallest absolute Gasteiger partial charge is 0.274 e. The molecule has 0 bridgehead atoms. The Bertz CT molecular complexity index is 1760. The maximum absolute atomic E-state index is 13.2. The lowest BCUT2D eigenvalue weighted by atomic mass is 10.0. The number of fused-ring (bicyclic) bond motifs is 1. The molecular weight excluding hydrogens is 466 g/mol. The first kappa shape index (κ1) is 24.4. The molecule has 5 rings (SSSR count). The molecule has 0 aliphatic heterocycles. The summed E-state index contributed by atoms with van der Waals surface area (Å²) in [5, 5.41) is 5.25. The summed E-state index contributed by atoms with van der Waals surface area (Å²) in [6.07, 6.45) is 5.28. The predicted octanol–water partition coefficient (Wildman–Crippen LogP) is 5.39. The van der Waals surface area contributed by atoms with Gasteiger partial charge in [0.2, 0.25) is 0 Å². The monoisotopic (exact) mass is 497 g/mol. The highest BCUT2D eigenvalue weighted by Crippen LogP contribution is 2.38. The first-order valence-electron chi connectivity index (χ1n) is 12.3. The summed E-state index contributed by atoms with van der Waals surface area (Å²) < 4.78 is 11.4. The van der Waals surface area contributed by atoms with Gasteiger partial charge in [-0.2, -0.15) is 5.10 Å². The topological polar surface area (TPSA) is 86.8 Å². The summed E-state index contributed by atoms with van der Waals surface area (Å²) in [7, 11) is 3.41. The van der Waals surface area contributed by atoms with E-state index in [0.717, 1.165) is 44.8 Å². The largest absolute Gasteiger partial charge is 0.455 e. The Balaban J connectivity index is 1.76. The Hall–Kier alpha value is -4.33. The van der Waals surface area contributed by atoms with Crippen LogP contribution >= 0.6 is 0 Å². The average Bonchev–Trinajstić information content (AvgIpc) is 3.45. The number of hydrogen-bond acceptors (Lipinski definition) is 4. The minimum absolute atomic E-state index is 0.153. The van der Waals surface area contributed by atoms with Crippen molar-refractivity contribution in [3.05, 3.63) is 86.5 Å². The fraction of sp³-hybridized carbons (Fsp3) is 0.276. The zero-order valence-corrected chi connectivity index (χ0v) is 22.2. The van der Waals surface area contributed by atoms with Crippen molar-refractivity contribution in [1.29, 1.82) is 0 Å². The maximum atomic E-state index is 13.2. The van der Waals surface area contributed by atoms with Gasteiger partial charge in [0.05, 0.1) is 18.1 Å². The molecule has 0 saturated carbocycles. The highest BCUT2D eigenvalue weighted by atomic mass is 16.5. The van der Waals surface area contributed by atoms with E-state index in [9.17, 15) is 9.59 Å². The van der Waals surface area contributed by atoms with Crippen LogP contribution in [-0.2, 0) is 14.1 Å². The van der Waals surface area contributed by atoms with Crippen LogP contribution in [0.25, 0.3) is 33.3 Å². The lowest BCUT2D eigenvalue weighted by Crippen LogP contribution is -2.18. The van der Waals surface area contributed by atoms with Gasteiger partial charge in [-0.15, -0.1) is 0 Å². The second-order valence-electron chi connectivity index (χ2n) is 9.94. The third-order valence-electron chi connectivity index (χ3n) is 6.89. The van der Waals surface area contributed by atoms with E-state index in [1.165, 1.54) is 9.13 Å². The Labute approximate surface area is 214 Å². The molecule has 8 heteroatoms. The number of ether oxygens (including phenoxy) is 1. The van der Waals surface area contributed by atoms with E-state index in [0.29, 0.717) is 16.8 Å². The van der Waals surface area contributed by atoms with Crippen molar-refractivity contribution in [3.63, 3.8) is 0 Å². The van der Waals surface area contributed by atoms with Gasteiger partial charge in [0.15, 0.2) is 5.75 Å². The summed E-state index contributed by atoms with van der Waals surface area (Å²) in [5.74, 6) is 1.28. The number of aromatic amines is 1. The Morgan fingerprint density at radius 2 is 1.62 bits per heavy atom. The Morgan fingerprint density at radius 1 is 0.919 bits per heavy atom. The molecule has 1 N–H and O–H groups in total. The molecule has 0 aliphatic carbocycles. The second-order valence-corrected chi connectivity index (χ2v) is 9.94. The number of rotatable bonds is 5. The molecule has 37 heavy (non-hydrogen) atoms. The third kappa shape index (κ3) is 4.08. The van der Waals surface area contributed by atoms with Crippen molar-refractivity contribution in [3.8, 4) is 33.9 Å². The zero-order valence-electron chi connectivity index (χ0n) is 22.2. The highest BCUT2D eigenvalue weighted by molar-refractivity contribution is 5.98. The molecule has 4 aromatic heterocycles. The average molecular weight is 498 g/mol. The standard InChI is InChI=1S/C29H31N5O3/c1-16(2)34-19(5)22(13-30-34)24-11-21-23(14-33(7)29(36)27(21)31-24)20-12-26(35)32(6)15-25(20)37-28-17(3)9-8-10-18(28)4/h8-16,31H,1-7H3. The van der Waals surface area contributed by atoms with Gasteiger partial charge in [-0.25, -0.2) is 0 Å². The molecule has 4 heterocycles. The molecule has 0 atom stereocenters. The summed E-state index contributed by atoms with van der Waals surface area (Å²) in [6.45, 7) is 10.2. The number of benzene rings is 1. The SMILES string of the molecule is Cc1cccc(C)c1Oc1cn(C)c(=O)cc1-c1cn(C)c(=O)c2[nH]c(-c3cnn(C(C)C)c3C)cc12.